The summed E-state index contributed by atoms with van der Waals surface area (Å²) < 4.78 is 32.7. The van der Waals surface area contributed by atoms with Gasteiger partial charge in [-0.1, -0.05) is 18.9 Å². The van der Waals surface area contributed by atoms with Gasteiger partial charge in [0.05, 0.1) is 6.54 Å². The number of carbonyl (C=O) groups is 2. The number of benzene rings is 1. The maximum Gasteiger partial charge on any atom is 0.329 e. The van der Waals surface area contributed by atoms with E-state index >= 15 is 0 Å². The highest BCUT2D eigenvalue weighted by molar-refractivity contribution is 5.95. The number of rotatable bonds is 5. The molecule has 1 amide bonds. The Bertz CT molecular complexity index is 722. The van der Waals surface area contributed by atoms with Gasteiger partial charge in [-0.3, -0.25) is 4.79 Å². The monoisotopic (exact) mass is 351 g/mol. The number of para-hydroxylation sites is 1. The molecule has 2 aliphatic rings. The summed E-state index contributed by atoms with van der Waals surface area (Å²) >= 11 is 0. The number of halogens is 2. The minimum Gasteiger partial charge on any atom is -0.479 e. The van der Waals surface area contributed by atoms with Gasteiger partial charge in [0.1, 0.15) is 11.3 Å². The van der Waals surface area contributed by atoms with Crippen molar-refractivity contribution in [3.05, 3.63) is 41.7 Å². The van der Waals surface area contributed by atoms with Gasteiger partial charge >= 0.3 is 5.97 Å². The van der Waals surface area contributed by atoms with E-state index in [9.17, 15) is 23.5 Å². The highest BCUT2D eigenvalue weighted by atomic mass is 19.1. The molecule has 0 aromatic heterocycles. The summed E-state index contributed by atoms with van der Waals surface area (Å²) in [5.74, 6) is -4.11. The summed E-state index contributed by atoms with van der Waals surface area (Å²) in [6, 6.07) is 3.31. The number of ether oxygens (including phenoxy) is 1. The van der Waals surface area contributed by atoms with Crippen molar-refractivity contribution < 1.29 is 28.2 Å². The molecule has 1 aliphatic carbocycles. The van der Waals surface area contributed by atoms with E-state index in [1.807, 2.05) is 0 Å². The van der Waals surface area contributed by atoms with Crippen molar-refractivity contribution in [3.63, 3.8) is 0 Å². The molecule has 1 aromatic carbocycles. The summed E-state index contributed by atoms with van der Waals surface area (Å²) in [4.78, 5) is 25.5. The molecule has 3 rings (SSSR count). The van der Waals surface area contributed by atoms with Crippen molar-refractivity contribution in [3.8, 4) is 5.75 Å². The number of carboxylic acid groups (broad SMARTS) is 1. The highest BCUT2D eigenvalue weighted by Gasteiger charge is 2.51. The van der Waals surface area contributed by atoms with E-state index in [1.165, 1.54) is 17.9 Å². The van der Waals surface area contributed by atoms with Gasteiger partial charge in [0.25, 0.3) is 5.91 Å². The Morgan fingerprint density at radius 2 is 1.88 bits per heavy atom. The first-order valence-electron chi connectivity index (χ1n) is 8.21. The predicted molar refractivity (Wildman–Crippen MR) is 84.8 cm³/mol. The quantitative estimate of drug-likeness (QED) is 0.885. The number of hydrogen-bond acceptors (Lipinski definition) is 3. The number of carbonyl (C=O) groups excluding carboxylic acids is 1. The first-order valence-corrected chi connectivity index (χ1v) is 8.21. The van der Waals surface area contributed by atoms with Gasteiger partial charge in [-0.25, -0.2) is 13.6 Å². The Kier molecular flexibility index (Phi) is 4.49. The molecule has 7 heteroatoms. The SMILES string of the molecule is CC(C(=O)O)(C1CCCC1)N1CC(Oc2c(F)cccc2F)=CC1=O. The summed E-state index contributed by atoms with van der Waals surface area (Å²) in [6.07, 6.45) is 4.40. The van der Waals surface area contributed by atoms with Crippen LogP contribution < -0.4 is 4.74 Å². The van der Waals surface area contributed by atoms with Crippen LogP contribution in [0.15, 0.2) is 30.0 Å². The molecule has 1 unspecified atom stereocenters. The zero-order valence-electron chi connectivity index (χ0n) is 13.8. The second-order valence-corrected chi connectivity index (χ2v) is 6.62. The van der Waals surface area contributed by atoms with E-state index in [0.717, 1.165) is 43.9 Å². The molecule has 1 aliphatic heterocycles. The molecule has 0 radical (unpaired) electrons. The van der Waals surface area contributed by atoms with E-state index in [-0.39, 0.29) is 18.2 Å². The molecule has 1 N–H and O–H groups in total. The number of nitrogens with zero attached hydrogens (tertiary/aromatic N) is 1. The maximum absolute atomic E-state index is 13.7. The second-order valence-electron chi connectivity index (χ2n) is 6.62. The lowest BCUT2D eigenvalue weighted by Crippen LogP contribution is -2.57. The third-order valence-corrected chi connectivity index (χ3v) is 5.16. The predicted octanol–water partition coefficient (Wildman–Crippen LogP) is 3.10. The number of aliphatic carboxylic acids is 1. The minimum absolute atomic E-state index is 0.0273. The standard InChI is InChI=1S/C18H19F2NO4/c1-18(17(23)24,11-5-2-3-6-11)21-10-12(9-15(21)22)25-16-13(19)7-4-8-14(16)20/h4,7-9,11H,2-3,5-6,10H2,1H3,(H,23,24). The lowest BCUT2D eigenvalue weighted by molar-refractivity contribution is -0.159. The molecular weight excluding hydrogens is 332 g/mol. The lowest BCUT2D eigenvalue weighted by Gasteiger charge is -2.39. The highest BCUT2D eigenvalue weighted by Crippen LogP contribution is 2.40. The minimum atomic E-state index is -1.37. The normalized spacial score (nSPS) is 20.5. The Morgan fingerprint density at radius 1 is 1.28 bits per heavy atom. The summed E-state index contributed by atoms with van der Waals surface area (Å²) in [5, 5.41) is 9.76. The van der Waals surface area contributed by atoms with Crippen molar-refractivity contribution >= 4 is 11.9 Å². The van der Waals surface area contributed by atoms with Crippen molar-refractivity contribution in [1.82, 2.24) is 4.90 Å². The van der Waals surface area contributed by atoms with Crippen molar-refractivity contribution in [2.45, 2.75) is 38.1 Å². The molecular formula is C18H19F2NO4. The number of amides is 1. The molecule has 1 aromatic rings. The molecule has 1 saturated carbocycles. The fourth-order valence-electron chi connectivity index (χ4n) is 3.66. The lowest BCUT2D eigenvalue weighted by atomic mass is 9.82. The molecule has 0 saturated heterocycles. The van der Waals surface area contributed by atoms with Crippen molar-refractivity contribution in [2.75, 3.05) is 6.54 Å². The smallest absolute Gasteiger partial charge is 0.329 e. The van der Waals surface area contributed by atoms with Crippen molar-refractivity contribution in [2.24, 2.45) is 5.92 Å². The van der Waals surface area contributed by atoms with Gasteiger partial charge in [0.2, 0.25) is 0 Å². The van der Waals surface area contributed by atoms with Crippen LogP contribution in [0.5, 0.6) is 5.75 Å². The van der Waals surface area contributed by atoms with Gasteiger partial charge in [0, 0.05) is 6.08 Å². The van der Waals surface area contributed by atoms with Crippen LogP contribution >= 0.6 is 0 Å². The van der Waals surface area contributed by atoms with Gasteiger partial charge < -0.3 is 14.7 Å². The van der Waals surface area contributed by atoms with E-state index in [1.54, 1.807) is 0 Å². The molecule has 25 heavy (non-hydrogen) atoms. The molecule has 134 valence electrons. The molecule has 1 heterocycles. The van der Waals surface area contributed by atoms with Crippen LogP contribution in [-0.2, 0) is 9.59 Å². The fraction of sp³-hybridized carbons (Fsp3) is 0.444. The molecule has 5 nitrogen and oxygen atoms in total. The van der Waals surface area contributed by atoms with Gasteiger partial charge in [-0.2, -0.15) is 0 Å². The van der Waals surface area contributed by atoms with Crippen molar-refractivity contribution in [1.29, 1.82) is 0 Å². The van der Waals surface area contributed by atoms with E-state index in [0.29, 0.717) is 0 Å². The van der Waals surface area contributed by atoms with E-state index in [2.05, 4.69) is 0 Å². The summed E-state index contributed by atoms with van der Waals surface area (Å²) in [6.45, 7) is 1.40. The fourth-order valence-corrected chi connectivity index (χ4v) is 3.66. The maximum atomic E-state index is 13.7. The van der Waals surface area contributed by atoms with Crippen LogP contribution in [0.1, 0.15) is 32.6 Å². The summed E-state index contributed by atoms with van der Waals surface area (Å²) in [7, 11) is 0. The largest absolute Gasteiger partial charge is 0.479 e. The molecule has 0 bridgehead atoms. The Labute approximate surface area is 143 Å². The van der Waals surface area contributed by atoms with Crippen LogP contribution in [0.2, 0.25) is 0 Å². The van der Waals surface area contributed by atoms with Crippen LogP contribution in [0.25, 0.3) is 0 Å². The molecule has 1 fully saturated rings. The zero-order chi connectivity index (χ0) is 18.2. The Balaban J connectivity index is 1.83. The van der Waals surface area contributed by atoms with Crippen LogP contribution in [0.4, 0.5) is 8.78 Å². The summed E-state index contributed by atoms with van der Waals surface area (Å²) in [5.41, 5.74) is -1.37. The van der Waals surface area contributed by atoms with Crippen LogP contribution in [0, 0.1) is 17.6 Å². The first kappa shape index (κ1) is 17.4. The van der Waals surface area contributed by atoms with Gasteiger partial charge in [-0.05, 0) is 37.8 Å². The Morgan fingerprint density at radius 3 is 2.44 bits per heavy atom. The number of carboxylic acids is 1. The second kappa shape index (κ2) is 6.46. The van der Waals surface area contributed by atoms with Crippen LogP contribution in [0.3, 0.4) is 0 Å². The zero-order valence-corrected chi connectivity index (χ0v) is 13.8. The van der Waals surface area contributed by atoms with Gasteiger partial charge in [0.15, 0.2) is 17.4 Å². The van der Waals surface area contributed by atoms with Gasteiger partial charge in [-0.15, -0.1) is 0 Å². The van der Waals surface area contributed by atoms with E-state index in [4.69, 9.17) is 4.74 Å². The molecule has 0 spiro atoms. The molecule has 1 atom stereocenters. The third kappa shape index (κ3) is 2.99. The van der Waals surface area contributed by atoms with Crippen LogP contribution in [-0.4, -0.2) is 34.0 Å². The number of hydrogen-bond donors (Lipinski definition) is 1. The topological polar surface area (TPSA) is 66.8 Å². The Hall–Kier alpha value is -2.44. The first-order chi connectivity index (χ1) is 11.8. The van der Waals surface area contributed by atoms with E-state index < -0.39 is 34.8 Å². The average Bonchev–Trinajstić information content (AvgIpc) is 3.20. The third-order valence-electron chi connectivity index (χ3n) is 5.16. The average molecular weight is 351 g/mol.